The fourth-order valence-corrected chi connectivity index (χ4v) is 4.01. The molecule has 2 N–H and O–H groups in total. The second-order valence-corrected chi connectivity index (χ2v) is 7.65. The number of amides is 1. The summed E-state index contributed by atoms with van der Waals surface area (Å²) in [6.07, 6.45) is 8.25. The normalized spacial score (nSPS) is 28.0. The predicted octanol–water partition coefficient (Wildman–Crippen LogP) is 2.21. The van der Waals surface area contributed by atoms with Gasteiger partial charge in [-0.15, -0.1) is 12.4 Å². The molecule has 0 aromatic heterocycles. The number of nitrogens with zero attached hydrogens (tertiary/aromatic N) is 2. The van der Waals surface area contributed by atoms with E-state index in [-0.39, 0.29) is 24.4 Å². The number of carbonyl (C=O) groups is 1. The van der Waals surface area contributed by atoms with Crippen molar-refractivity contribution in [2.45, 2.75) is 51.1 Å². The largest absolute Gasteiger partial charge is 0.339 e. The highest BCUT2D eigenvalue weighted by Gasteiger charge is 2.29. The van der Waals surface area contributed by atoms with Gasteiger partial charge in [0.25, 0.3) is 0 Å². The molecule has 1 heterocycles. The Kier molecular flexibility index (Phi) is 9.14. The van der Waals surface area contributed by atoms with Crippen LogP contribution in [0.3, 0.4) is 0 Å². The number of hydrogen-bond donors (Lipinski definition) is 1. The van der Waals surface area contributed by atoms with Crippen molar-refractivity contribution in [2.75, 3.05) is 38.2 Å². The van der Waals surface area contributed by atoms with Crippen LogP contribution in [0.25, 0.3) is 0 Å². The van der Waals surface area contributed by atoms with E-state index in [1.54, 1.807) is 11.8 Å². The molecule has 2 rings (SSSR count). The quantitative estimate of drug-likeness (QED) is 0.826. The van der Waals surface area contributed by atoms with E-state index in [2.05, 4.69) is 18.1 Å². The fraction of sp³-hybridized carbons (Fsp3) is 0.938. The zero-order valence-electron chi connectivity index (χ0n) is 14.0. The summed E-state index contributed by atoms with van der Waals surface area (Å²) in [5.41, 5.74) is 6.01. The molecule has 0 unspecified atom stereocenters. The first-order chi connectivity index (χ1) is 10.1. The Labute approximate surface area is 145 Å². The Bertz CT molecular complexity index is 329. The lowest BCUT2D eigenvalue weighted by atomic mass is 9.86. The van der Waals surface area contributed by atoms with E-state index in [9.17, 15) is 4.79 Å². The first-order valence-electron chi connectivity index (χ1n) is 8.39. The molecule has 130 valence electrons. The Morgan fingerprint density at radius 3 is 2.32 bits per heavy atom. The Hall–Kier alpha value is 0.0300. The van der Waals surface area contributed by atoms with Crippen molar-refractivity contribution in [1.29, 1.82) is 0 Å². The summed E-state index contributed by atoms with van der Waals surface area (Å²) >= 11 is 1.75. The summed E-state index contributed by atoms with van der Waals surface area (Å²) in [6, 6.07) is 0.447. The minimum atomic E-state index is -0.306. The maximum Gasteiger partial charge on any atom is 0.239 e. The Morgan fingerprint density at radius 2 is 1.77 bits per heavy atom. The Balaban J connectivity index is 0.00000242. The molecule has 1 saturated carbocycles. The number of piperazine rings is 1. The number of carbonyl (C=O) groups excluding carboxylic acids is 1. The molecule has 0 radical (unpaired) electrons. The van der Waals surface area contributed by atoms with Gasteiger partial charge in [-0.3, -0.25) is 9.69 Å². The zero-order valence-corrected chi connectivity index (χ0v) is 15.6. The van der Waals surface area contributed by atoms with Crippen molar-refractivity contribution in [3.8, 4) is 0 Å². The van der Waals surface area contributed by atoms with Crippen molar-refractivity contribution >= 4 is 30.1 Å². The molecule has 1 amide bonds. The highest BCUT2D eigenvalue weighted by Crippen LogP contribution is 2.27. The molecule has 1 aliphatic heterocycles. The van der Waals surface area contributed by atoms with Gasteiger partial charge in [-0.25, -0.2) is 0 Å². The molecular weight excluding hydrogens is 318 g/mol. The van der Waals surface area contributed by atoms with Crippen molar-refractivity contribution in [3.63, 3.8) is 0 Å². The summed E-state index contributed by atoms with van der Waals surface area (Å²) in [5, 5.41) is 0. The van der Waals surface area contributed by atoms with Crippen LogP contribution in [0.5, 0.6) is 0 Å². The van der Waals surface area contributed by atoms with Crippen molar-refractivity contribution < 1.29 is 4.79 Å². The summed E-state index contributed by atoms with van der Waals surface area (Å²) in [4.78, 5) is 16.9. The molecule has 2 fully saturated rings. The molecule has 0 bridgehead atoms. The first kappa shape index (κ1) is 20.1. The van der Waals surface area contributed by atoms with Gasteiger partial charge < -0.3 is 10.6 Å². The molecule has 0 spiro atoms. The van der Waals surface area contributed by atoms with Gasteiger partial charge >= 0.3 is 0 Å². The van der Waals surface area contributed by atoms with Crippen LogP contribution in [0, 0.1) is 5.92 Å². The van der Waals surface area contributed by atoms with Gasteiger partial charge in [-0.1, -0.05) is 6.92 Å². The van der Waals surface area contributed by atoms with Crippen LogP contribution in [0.1, 0.15) is 39.0 Å². The molecule has 0 aromatic rings. The first-order valence-corrected chi connectivity index (χ1v) is 9.78. The van der Waals surface area contributed by atoms with E-state index in [0.717, 1.165) is 50.3 Å². The predicted molar refractivity (Wildman–Crippen MR) is 97.8 cm³/mol. The molecule has 1 atom stereocenters. The van der Waals surface area contributed by atoms with Gasteiger partial charge in [0.1, 0.15) is 0 Å². The standard InChI is InChI=1S/C16H31N3OS.ClH/c1-13-3-5-14(6-4-13)18-8-10-19(11-9-18)16(20)15(17)7-12-21-2;/h13-15H,3-12,17H2,1-2H3;1H/t13?,14?,15-;/m0./s1. The number of halogens is 1. The average Bonchev–Trinajstić information content (AvgIpc) is 2.53. The number of thioether (sulfide) groups is 1. The lowest BCUT2D eigenvalue weighted by Gasteiger charge is -2.42. The van der Waals surface area contributed by atoms with E-state index < -0.39 is 0 Å². The SMILES string of the molecule is CSCC[C@H](N)C(=O)N1CCN(C2CCC(C)CC2)CC1.Cl. The number of nitrogens with two attached hydrogens (primary N) is 1. The summed E-state index contributed by atoms with van der Waals surface area (Å²) in [5.74, 6) is 2.02. The molecule has 1 aliphatic carbocycles. The van der Waals surface area contributed by atoms with Crippen LogP contribution < -0.4 is 5.73 Å². The van der Waals surface area contributed by atoms with Crippen LogP contribution >= 0.6 is 24.2 Å². The third-order valence-corrected chi connectivity index (χ3v) is 5.72. The minimum Gasteiger partial charge on any atom is -0.339 e. The smallest absolute Gasteiger partial charge is 0.239 e. The topological polar surface area (TPSA) is 49.6 Å². The van der Waals surface area contributed by atoms with Crippen LogP contribution in [0.15, 0.2) is 0 Å². The van der Waals surface area contributed by atoms with Crippen molar-refractivity contribution in [2.24, 2.45) is 11.7 Å². The van der Waals surface area contributed by atoms with E-state index >= 15 is 0 Å². The lowest BCUT2D eigenvalue weighted by Crippen LogP contribution is -2.55. The molecule has 2 aliphatic rings. The van der Waals surface area contributed by atoms with Gasteiger partial charge in [-0.05, 0) is 50.0 Å². The third-order valence-electron chi connectivity index (χ3n) is 5.08. The summed E-state index contributed by atoms with van der Waals surface area (Å²) < 4.78 is 0. The second kappa shape index (κ2) is 10.0. The van der Waals surface area contributed by atoms with E-state index in [1.807, 2.05) is 4.90 Å². The summed E-state index contributed by atoms with van der Waals surface area (Å²) in [7, 11) is 0. The van der Waals surface area contributed by atoms with E-state index in [1.165, 1.54) is 25.7 Å². The molecule has 0 aromatic carbocycles. The van der Waals surface area contributed by atoms with Gasteiger partial charge in [0, 0.05) is 32.2 Å². The van der Waals surface area contributed by atoms with Crippen LogP contribution in [-0.2, 0) is 4.79 Å². The van der Waals surface area contributed by atoms with E-state index in [4.69, 9.17) is 5.73 Å². The molecule has 22 heavy (non-hydrogen) atoms. The van der Waals surface area contributed by atoms with Crippen LogP contribution in [0.4, 0.5) is 0 Å². The maximum absolute atomic E-state index is 12.3. The van der Waals surface area contributed by atoms with Crippen molar-refractivity contribution in [3.05, 3.63) is 0 Å². The van der Waals surface area contributed by atoms with Crippen molar-refractivity contribution in [1.82, 2.24) is 9.80 Å². The van der Waals surface area contributed by atoms with Gasteiger partial charge in [0.15, 0.2) is 0 Å². The third kappa shape index (κ3) is 5.59. The zero-order chi connectivity index (χ0) is 15.2. The van der Waals surface area contributed by atoms with E-state index in [0.29, 0.717) is 0 Å². The Morgan fingerprint density at radius 1 is 1.18 bits per heavy atom. The van der Waals surface area contributed by atoms with Crippen LogP contribution in [-0.4, -0.2) is 66.0 Å². The second-order valence-electron chi connectivity index (χ2n) is 6.66. The number of rotatable bonds is 5. The lowest BCUT2D eigenvalue weighted by molar-refractivity contribution is -0.134. The monoisotopic (exact) mass is 349 g/mol. The van der Waals surface area contributed by atoms with Crippen LogP contribution in [0.2, 0.25) is 0 Å². The maximum atomic E-state index is 12.3. The molecule has 6 heteroatoms. The van der Waals surface area contributed by atoms with Gasteiger partial charge in [-0.2, -0.15) is 11.8 Å². The molecular formula is C16H32ClN3OS. The van der Waals surface area contributed by atoms with Gasteiger partial charge in [0.2, 0.25) is 5.91 Å². The fourth-order valence-electron chi connectivity index (χ4n) is 3.52. The molecule has 1 saturated heterocycles. The summed E-state index contributed by atoms with van der Waals surface area (Å²) in [6.45, 7) is 6.14. The highest BCUT2D eigenvalue weighted by atomic mass is 35.5. The highest BCUT2D eigenvalue weighted by molar-refractivity contribution is 7.98. The molecule has 4 nitrogen and oxygen atoms in total. The van der Waals surface area contributed by atoms with Gasteiger partial charge in [0.05, 0.1) is 6.04 Å². The average molecular weight is 350 g/mol. The number of hydrogen-bond acceptors (Lipinski definition) is 4. The minimum absolute atomic E-state index is 0.